The van der Waals surface area contributed by atoms with Crippen molar-refractivity contribution in [2.45, 2.75) is 19.1 Å². The molecule has 2 aromatic rings. The molecular formula is C11H16N4OS. The first-order valence-corrected chi connectivity index (χ1v) is 6.30. The van der Waals surface area contributed by atoms with E-state index in [0.717, 1.165) is 10.6 Å². The predicted octanol–water partition coefficient (Wildman–Crippen LogP) is 1.33. The Kier molecular flexibility index (Phi) is 3.88. The fraction of sp³-hybridized carbons (Fsp3) is 0.455. The minimum Gasteiger partial charge on any atom is -0.365 e. The number of thiazole rings is 1. The van der Waals surface area contributed by atoms with E-state index in [9.17, 15) is 0 Å². The number of rotatable bonds is 5. The second-order valence-corrected chi connectivity index (χ2v) is 4.89. The van der Waals surface area contributed by atoms with Gasteiger partial charge in [0.2, 0.25) is 0 Å². The average molecular weight is 252 g/mol. The summed E-state index contributed by atoms with van der Waals surface area (Å²) < 4.78 is 7.67. The highest BCUT2D eigenvalue weighted by molar-refractivity contribution is 7.09. The smallest absolute Gasteiger partial charge is 0.135 e. The fourth-order valence-electron chi connectivity index (χ4n) is 1.56. The Morgan fingerprint density at radius 3 is 2.94 bits per heavy atom. The number of nitrogens with zero attached hydrogens (tertiary/aromatic N) is 3. The summed E-state index contributed by atoms with van der Waals surface area (Å²) >= 11 is 1.57. The Morgan fingerprint density at radius 2 is 2.41 bits per heavy atom. The molecule has 5 nitrogen and oxygen atoms in total. The summed E-state index contributed by atoms with van der Waals surface area (Å²) in [4.78, 5) is 5.15. The van der Waals surface area contributed by atoms with Gasteiger partial charge in [-0.2, -0.15) is 5.10 Å². The molecule has 17 heavy (non-hydrogen) atoms. The molecule has 0 bridgehead atoms. The Balaban J connectivity index is 2.22. The van der Waals surface area contributed by atoms with Gasteiger partial charge in [0.15, 0.2) is 0 Å². The molecule has 0 spiro atoms. The van der Waals surface area contributed by atoms with E-state index in [1.807, 2.05) is 30.9 Å². The van der Waals surface area contributed by atoms with Gasteiger partial charge < -0.3 is 10.5 Å². The standard InChI is InChI=1S/C11H16N4OS/c1-8(12)6-16-11(10-5-13-7-17-10)9-3-4-14-15(9)2/h3-5,7-8,11H,6,12H2,1-2H3. The largest absolute Gasteiger partial charge is 0.365 e. The lowest BCUT2D eigenvalue weighted by Crippen LogP contribution is -2.24. The lowest BCUT2D eigenvalue weighted by atomic mass is 10.2. The van der Waals surface area contributed by atoms with Crippen LogP contribution < -0.4 is 5.73 Å². The maximum absolute atomic E-state index is 5.86. The van der Waals surface area contributed by atoms with Crippen LogP contribution in [-0.4, -0.2) is 27.4 Å². The van der Waals surface area contributed by atoms with Gasteiger partial charge in [-0.15, -0.1) is 11.3 Å². The maximum Gasteiger partial charge on any atom is 0.135 e. The molecule has 0 amide bonds. The van der Waals surface area contributed by atoms with E-state index in [-0.39, 0.29) is 12.1 Å². The number of hydrogen-bond donors (Lipinski definition) is 1. The van der Waals surface area contributed by atoms with Crippen LogP contribution in [0.2, 0.25) is 0 Å². The minimum absolute atomic E-state index is 0.0126. The highest BCUT2D eigenvalue weighted by atomic mass is 32.1. The molecule has 2 rings (SSSR count). The lowest BCUT2D eigenvalue weighted by Gasteiger charge is -2.17. The van der Waals surface area contributed by atoms with Crippen molar-refractivity contribution in [2.24, 2.45) is 12.8 Å². The molecule has 0 aliphatic carbocycles. The van der Waals surface area contributed by atoms with E-state index in [2.05, 4.69) is 10.1 Å². The molecule has 0 aromatic carbocycles. The van der Waals surface area contributed by atoms with Crippen LogP contribution in [0.1, 0.15) is 23.6 Å². The molecule has 0 radical (unpaired) electrons. The van der Waals surface area contributed by atoms with Crippen molar-refractivity contribution in [3.8, 4) is 0 Å². The molecule has 0 saturated carbocycles. The van der Waals surface area contributed by atoms with Gasteiger partial charge in [0, 0.05) is 25.5 Å². The zero-order valence-corrected chi connectivity index (χ0v) is 10.7. The first-order chi connectivity index (χ1) is 8.18. The second-order valence-electron chi connectivity index (χ2n) is 3.97. The normalized spacial score (nSPS) is 14.8. The van der Waals surface area contributed by atoms with Crippen LogP contribution >= 0.6 is 11.3 Å². The number of aromatic nitrogens is 3. The molecule has 0 fully saturated rings. The van der Waals surface area contributed by atoms with Crippen LogP contribution in [0.15, 0.2) is 24.0 Å². The van der Waals surface area contributed by atoms with Crippen molar-refractivity contribution < 1.29 is 4.74 Å². The van der Waals surface area contributed by atoms with Gasteiger partial charge in [0.25, 0.3) is 0 Å². The van der Waals surface area contributed by atoms with Gasteiger partial charge in [-0.05, 0) is 13.0 Å². The quantitative estimate of drug-likeness (QED) is 0.872. The molecule has 2 atom stereocenters. The van der Waals surface area contributed by atoms with Crippen molar-refractivity contribution in [3.05, 3.63) is 34.5 Å². The summed E-state index contributed by atoms with van der Waals surface area (Å²) in [5.74, 6) is 0. The van der Waals surface area contributed by atoms with Crippen molar-refractivity contribution in [1.82, 2.24) is 14.8 Å². The Bertz CT molecular complexity index is 452. The zero-order chi connectivity index (χ0) is 12.3. The SMILES string of the molecule is CC(N)COC(c1cncs1)c1ccnn1C. The minimum atomic E-state index is -0.138. The third-order valence-corrected chi connectivity index (χ3v) is 3.18. The van der Waals surface area contributed by atoms with Crippen LogP contribution in [0.3, 0.4) is 0 Å². The Morgan fingerprint density at radius 1 is 1.59 bits per heavy atom. The average Bonchev–Trinajstić information content (AvgIpc) is 2.91. The third-order valence-electron chi connectivity index (χ3n) is 2.36. The summed E-state index contributed by atoms with van der Waals surface area (Å²) in [6.07, 6.45) is 3.45. The number of aryl methyl sites for hydroxylation is 1. The van der Waals surface area contributed by atoms with Crippen molar-refractivity contribution in [2.75, 3.05) is 6.61 Å². The van der Waals surface area contributed by atoms with Crippen LogP contribution in [0.4, 0.5) is 0 Å². The van der Waals surface area contributed by atoms with E-state index in [1.54, 1.807) is 23.0 Å². The molecule has 6 heteroatoms. The molecule has 0 aliphatic rings. The molecule has 0 aliphatic heterocycles. The van der Waals surface area contributed by atoms with Crippen LogP contribution in [0, 0.1) is 0 Å². The van der Waals surface area contributed by atoms with E-state index < -0.39 is 0 Å². The van der Waals surface area contributed by atoms with Gasteiger partial charge in [0.1, 0.15) is 6.10 Å². The van der Waals surface area contributed by atoms with Crippen molar-refractivity contribution in [3.63, 3.8) is 0 Å². The van der Waals surface area contributed by atoms with Gasteiger partial charge in [-0.1, -0.05) is 0 Å². The van der Waals surface area contributed by atoms with Crippen LogP contribution in [0.5, 0.6) is 0 Å². The number of ether oxygens (including phenoxy) is 1. The molecule has 2 aromatic heterocycles. The summed E-state index contributed by atoms with van der Waals surface area (Å²) in [6.45, 7) is 2.43. The maximum atomic E-state index is 5.86. The fourth-order valence-corrected chi connectivity index (χ4v) is 2.24. The first-order valence-electron chi connectivity index (χ1n) is 5.42. The van der Waals surface area contributed by atoms with Gasteiger partial charge in [-0.3, -0.25) is 9.67 Å². The summed E-state index contributed by atoms with van der Waals surface area (Å²) in [5.41, 5.74) is 8.53. The zero-order valence-electron chi connectivity index (χ0n) is 9.91. The van der Waals surface area contributed by atoms with Gasteiger partial charge >= 0.3 is 0 Å². The Hall–Kier alpha value is -1.24. The number of nitrogens with two attached hydrogens (primary N) is 1. The van der Waals surface area contributed by atoms with E-state index in [4.69, 9.17) is 10.5 Å². The van der Waals surface area contributed by atoms with Crippen molar-refractivity contribution >= 4 is 11.3 Å². The summed E-state index contributed by atoms with van der Waals surface area (Å²) in [6, 6.07) is 1.96. The highest BCUT2D eigenvalue weighted by Gasteiger charge is 2.20. The summed E-state index contributed by atoms with van der Waals surface area (Å²) in [5, 5.41) is 4.16. The Labute approximate surface area is 104 Å². The highest BCUT2D eigenvalue weighted by Crippen LogP contribution is 2.28. The van der Waals surface area contributed by atoms with Crippen LogP contribution in [-0.2, 0) is 11.8 Å². The molecule has 0 saturated heterocycles. The topological polar surface area (TPSA) is 66.0 Å². The van der Waals surface area contributed by atoms with Crippen molar-refractivity contribution in [1.29, 1.82) is 0 Å². The van der Waals surface area contributed by atoms with E-state index in [1.165, 1.54) is 0 Å². The molecule has 2 N–H and O–H groups in total. The van der Waals surface area contributed by atoms with Gasteiger partial charge in [0.05, 0.1) is 22.7 Å². The van der Waals surface area contributed by atoms with E-state index in [0.29, 0.717) is 6.61 Å². The molecule has 92 valence electrons. The first kappa shape index (κ1) is 12.2. The van der Waals surface area contributed by atoms with E-state index >= 15 is 0 Å². The number of hydrogen-bond acceptors (Lipinski definition) is 5. The molecule has 2 unspecified atom stereocenters. The second kappa shape index (κ2) is 5.39. The monoisotopic (exact) mass is 252 g/mol. The van der Waals surface area contributed by atoms with Gasteiger partial charge in [-0.25, -0.2) is 0 Å². The molecular weight excluding hydrogens is 236 g/mol. The lowest BCUT2D eigenvalue weighted by molar-refractivity contribution is 0.0693. The van der Waals surface area contributed by atoms with Crippen LogP contribution in [0.25, 0.3) is 0 Å². The third kappa shape index (κ3) is 2.91. The summed E-state index contributed by atoms with van der Waals surface area (Å²) in [7, 11) is 1.90. The predicted molar refractivity (Wildman–Crippen MR) is 66.8 cm³/mol. The molecule has 2 heterocycles.